The van der Waals surface area contributed by atoms with Crippen molar-refractivity contribution in [1.29, 1.82) is 0 Å². The minimum absolute atomic E-state index is 0.164. The fourth-order valence-corrected chi connectivity index (χ4v) is 3.76. The number of carbonyl (C=O) groups is 1. The van der Waals surface area contributed by atoms with Crippen molar-refractivity contribution in [2.75, 3.05) is 12.8 Å². The number of fused-ring (bicyclic) bond motifs is 1. The van der Waals surface area contributed by atoms with E-state index in [4.69, 9.17) is 4.42 Å². The first-order valence-electron chi connectivity index (χ1n) is 9.34. The SMILES string of the molecule is CSc1nc(-c2ccco2)nc(C)c1C(=O)NCCCc1nc2ccccc2[nH]1. The number of hydrogen-bond donors (Lipinski definition) is 2. The summed E-state index contributed by atoms with van der Waals surface area (Å²) in [6, 6.07) is 11.5. The number of aryl methyl sites for hydroxylation is 2. The lowest BCUT2D eigenvalue weighted by molar-refractivity contribution is 0.0948. The molecule has 0 saturated carbocycles. The molecule has 0 bridgehead atoms. The van der Waals surface area contributed by atoms with Crippen molar-refractivity contribution in [3.05, 3.63) is 59.7 Å². The molecule has 0 fully saturated rings. The fraction of sp³-hybridized carbons (Fsp3) is 0.238. The third-order valence-electron chi connectivity index (χ3n) is 4.53. The first kappa shape index (κ1) is 19.2. The van der Waals surface area contributed by atoms with Gasteiger partial charge in [0, 0.05) is 13.0 Å². The van der Waals surface area contributed by atoms with E-state index in [1.165, 1.54) is 11.8 Å². The van der Waals surface area contributed by atoms with Gasteiger partial charge in [0.15, 0.2) is 11.6 Å². The third kappa shape index (κ3) is 4.17. The van der Waals surface area contributed by atoms with E-state index in [-0.39, 0.29) is 5.91 Å². The fourth-order valence-electron chi connectivity index (χ4n) is 3.14. The number of nitrogens with one attached hydrogen (secondary N) is 2. The molecule has 0 spiro atoms. The van der Waals surface area contributed by atoms with Crippen LogP contribution in [0.3, 0.4) is 0 Å². The van der Waals surface area contributed by atoms with Gasteiger partial charge in [-0.05, 0) is 43.9 Å². The average molecular weight is 407 g/mol. The van der Waals surface area contributed by atoms with Crippen molar-refractivity contribution in [1.82, 2.24) is 25.3 Å². The van der Waals surface area contributed by atoms with Crippen molar-refractivity contribution >= 4 is 28.7 Å². The standard InChI is InChI=1S/C21H21N5O2S/c1-13-18(21(29-2)26-19(23-13)16-9-6-12-28-16)20(27)22-11-5-10-17-24-14-7-3-4-8-15(14)25-17/h3-4,6-9,12H,5,10-11H2,1-2H3,(H,22,27)(H,24,25). The Morgan fingerprint density at radius 2 is 2.03 bits per heavy atom. The van der Waals surface area contributed by atoms with Crippen LogP contribution in [0.15, 0.2) is 52.1 Å². The Labute approximate surface area is 172 Å². The molecule has 1 aromatic carbocycles. The number of imidazole rings is 1. The van der Waals surface area contributed by atoms with Gasteiger partial charge in [-0.2, -0.15) is 0 Å². The van der Waals surface area contributed by atoms with Crippen LogP contribution in [0.5, 0.6) is 0 Å². The Bertz CT molecular complexity index is 1100. The highest BCUT2D eigenvalue weighted by Gasteiger charge is 2.19. The van der Waals surface area contributed by atoms with E-state index in [1.807, 2.05) is 37.4 Å². The summed E-state index contributed by atoms with van der Waals surface area (Å²) in [7, 11) is 0. The van der Waals surface area contributed by atoms with Crippen LogP contribution in [0.4, 0.5) is 0 Å². The second kappa shape index (κ2) is 8.48. The molecule has 2 N–H and O–H groups in total. The van der Waals surface area contributed by atoms with Crippen LogP contribution in [0, 0.1) is 6.92 Å². The van der Waals surface area contributed by atoms with Gasteiger partial charge in [0.05, 0.1) is 28.6 Å². The Morgan fingerprint density at radius 1 is 1.17 bits per heavy atom. The van der Waals surface area contributed by atoms with Gasteiger partial charge in [0.25, 0.3) is 5.91 Å². The largest absolute Gasteiger partial charge is 0.461 e. The average Bonchev–Trinajstić information content (AvgIpc) is 3.39. The predicted octanol–water partition coefficient (Wildman–Crippen LogP) is 4.01. The van der Waals surface area contributed by atoms with E-state index in [0.717, 1.165) is 29.7 Å². The summed E-state index contributed by atoms with van der Waals surface area (Å²) in [5, 5.41) is 3.61. The smallest absolute Gasteiger partial charge is 0.255 e. The number of rotatable bonds is 7. The molecule has 29 heavy (non-hydrogen) atoms. The maximum absolute atomic E-state index is 12.7. The number of para-hydroxylation sites is 2. The number of nitrogens with zero attached hydrogens (tertiary/aromatic N) is 3. The second-order valence-electron chi connectivity index (χ2n) is 6.55. The highest BCUT2D eigenvalue weighted by Crippen LogP contribution is 2.25. The Morgan fingerprint density at radius 3 is 2.79 bits per heavy atom. The number of amides is 1. The molecule has 0 atom stereocenters. The zero-order valence-electron chi connectivity index (χ0n) is 16.2. The highest BCUT2D eigenvalue weighted by atomic mass is 32.2. The Kier molecular flexibility index (Phi) is 5.62. The molecule has 4 rings (SSSR count). The quantitative estimate of drug-likeness (QED) is 0.273. The van der Waals surface area contributed by atoms with Gasteiger partial charge in [-0.15, -0.1) is 11.8 Å². The van der Waals surface area contributed by atoms with Gasteiger partial charge in [0.1, 0.15) is 10.9 Å². The van der Waals surface area contributed by atoms with Crippen LogP contribution in [0.25, 0.3) is 22.6 Å². The van der Waals surface area contributed by atoms with E-state index in [9.17, 15) is 4.79 Å². The monoisotopic (exact) mass is 407 g/mol. The van der Waals surface area contributed by atoms with Crippen molar-refractivity contribution in [3.8, 4) is 11.6 Å². The maximum Gasteiger partial charge on any atom is 0.255 e. The van der Waals surface area contributed by atoms with E-state index in [0.29, 0.717) is 34.4 Å². The van der Waals surface area contributed by atoms with Crippen LogP contribution in [0.1, 0.15) is 28.3 Å². The summed E-state index contributed by atoms with van der Waals surface area (Å²) in [5.41, 5.74) is 3.13. The molecule has 3 aromatic heterocycles. The van der Waals surface area contributed by atoms with Gasteiger partial charge in [-0.1, -0.05) is 12.1 Å². The van der Waals surface area contributed by atoms with E-state index in [1.54, 1.807) is 18.4 Å². The van der Waals surface area contributed by atoms with Crippen LogP contribution in [0.2, 0.25) is 0 Å². The number of benzene rings is 1. The van der Waals surface area contributed by atoms with Gasteiger partial charge in [-0.25, -0.2) is 15.0 Å². The number of carbonyl (C=O) groups excluding carboxylic acids is 1. The highest BCUT2D eigenvalue weighted by molar-refractivity contribution is 7.98. The molecule has 0 aliphatic rings. The summed E-state index contributed by atoms with van der Waals surface area (Å²) in [6.07, 6.45) is 5.02. The molecule has 0 aliphatic heterocycles. The first-order chi connectivity index (χ1) is 14.2. The molecule has 8 heteroatoms. The third-order valence-corrected chi connectivity index (χ3v) is 5.22. The second-order valence-corrected chi connectivity index (χ2v) is 7.35. The van der Waals surface area contributed by atoms with Crippen LogP contribution >= 0.6 is 11.8 Å². The zero-order chi connectivity index (χ0) is 20.2. The van der Waals surface area contributed by atoms with E-state index >= 15 is 0 Å². The molecule has 3 heterocycles. The molecule has 7 nitrogen and oxygen atoms in total. The minimum atomic E-state index is -0.164. The van der Waals surface area contributed by atoms with Crippen LogP contribution in [-0.4, -0.2) is 38.6 Å². The molecule has 4 aromatic rings. The Hall–Kier alpha value is -3.13. The minimum Gasteiger partial charge on any atom is -0.461 e. The summed E-state index contributed by atoms with van der Waals surface area (Å²) >= 11 is 1.42. The summed E-state index contributed by atoms with van der Waals surface area (Å²) in [6.45, 7) is 2.36. The van der Waals surface area contributed by atoms with Crippen molar-refractivity contribution in [3.63, 3.8) is 0 Å². The lowest BCUT2D eigenvalue weighted by Crippen LogP contribution is -2.27. The van der Waals surface area contributed by atoms with Crippen LogP contribution < -0.4 is 5.32 Å². The number of thioether (sulfide) groups is 1. The number of furan rings is 1. The number of aromatic nitrogens is 4. The molecule has 148 valence electrons. The predicted molar refractivity (Wildman–Crippen MR) is 113 cm³/mol. The maximum atomic E-state index is 12.7. The molecule has 0 saturated heterocycles. The molecule has 1 amide bonds. The topological polar surface area (TPSA) is 96.7 Å². The number of aromatic amines is 1. The molecule has 0 aliphatic carbocycles. The summed E-state index contributed by atoms with van der Waals surface area (Å²) in [5.74, 6) is 1.83. The van der Waals surface area contributed by atoms with Crippen LogP contribution in [-0.2, 0) is 6.42 Å². The first-order valence-corrected chi connectivity index (χ1v) is 10.6. The van der Waals surface area contributed by atoms with Crippen molar-refractivity contribution in [2.24, 2.45) is 0 Å². The lowest BCUT2D eigenvalue weighted by atomic mass is 10.2. The number of H-pyrrole nitrogens is 1. The van der Waals surface area contributed by atoms with E-state index in [2.05, 4.69) is 25.3 Å². The lowest BCUT2D eigenvalue weighted by Gasteiger charge is -2.11. The van der Waals surface area contributed by atoms with Crippen molar-refractivity contribution in [2.45, 2.75) is 24.8 Å². The molecular weight excluding hydrogens is 386 g/mol. The number of hydrogen-bond acceptors (Lipinski definition) is 6. The van der Waals surface area contributed by atoms with Gasteiger partial charge in [-0.3, -0.25) is 4.79 Å². The van der Waals surface area contributed by atoms with Gasteiger partial charge in [0.2, 0.25) is 0 Å². The molecular formula is C21H21N5O2S. The Balaban J connectivity index is 1.40. The molecule has 0 radical (unpaired) electrons. The van der Waals surface area contributed by atoms with E-state index < -0.39 is 0 Å². The summed E-state index contributed by atoms with van der Waals surface area (Å²) in [4.78, 5) is 29.6. The summed E-state index contributed by atoms with van der Waals surface area (Å²) < 4.78 is 5.37. The molecule has 0 unspecified atom stereocenters. The van der Waals surface area contributed by atoms with Gasteiger partial charge >= 0.3 is 0 Å². The van der Waals surface area contributed by atoms with Gasteiger partial charge < -0.3 is 14.7 Å². The normalized spacial score (nSPS) is 11.1. The van der Waals surface area contributed by atoms with Crippen molar-refractivity contribution < 1.29 is 9.21 Å². The zero-order valence-corrected chi connectivity index (χ0v) is 17.0.